The van der Waals surface area contributed by atoms with Gasteiger partial charge in [-0.1, -0.05) is 30.3 Å². The van der Waals surface area contributed by atoms with Crippen LogP contribution >= 0.6 is 10.7 Å². The van der Waals surface area contributed by atoms with E-state index >= 15 is 0 Å². The Labute approximate surface area is 120 Å². The molecule has 2 unspecified atom stereocenters. The number of benzene rings is 1. The van der Waals surface area contributed by atoms with E-state index in [0.29, 0.717) is 13.2 Å². The van der Waals surface area contributed by atoms with Crippen molar-refractivity contribution in [1.82, 2.24) is 9.42 Å². The lowest BCUT2D eigenvalue weighted by Crippen LogP contribution is -2.46. The zero-order valence-corrected chi connectivity index (χ0v) is 12.0. The number of carboxylic acid groups (broad SMARTS) is 1. The third kappa shape index (κ3) is 2.78. The number of hydrazine groups is 1. The molecule has 0 saturated carbocycles. The van der Waals surface area contributed by atoms with Gasteiger partial charge in [-0.3, -0.25) is 0 Å². The minimum Gasteiger partial charge on any atom is -0.473 e. The zero-order valence-electron chi connectivity index (χ0n) is 11.1. The Bertz CT molecular complexity index is 514. The number of morpholine rings is 1. The van der Waals surface area contributed by atoms with Crippen molar-refractivity contribution in [3.63, 3.8) is 0 Å². The maximum absolute atomic E-state index is 11.5. The van der Waals surface area contributed by atoms with E-state index in [1.54, 1.807) is 0 Å². The first-order valence-electron chi connectivity index (χ1n) is 6.72. The maximum Gasteiger partial charge on any atom is 0.374 e. The summed E-state index contributed by atoms with van der Waals surface area (Å²) in [4.78, 5) is 11.5. The normalized spacial score (nSPS) is 28.2. The minimum atomic E-state index is -0.850. The summed E-state index contributed by atoms with van der Waals surface area (Å²) in [6, 6.07) is 10.1. The SMILES string of the molecule is O=C(O)S1=CC(c2ccccc2)CN1N1CCOCC1. The average Bonchev–Trinajstić information content (AvgIpc) is 2.94. The molecule has 2 atom stereocenters. The van der Waals surface area contributed by atoms with Gasteiger partial charge in [0, 0.05) is 36.2 Å². The second-order valence-corrected chi connectivity index (χ2v) is 6.51. The Morgan fingerprint density at radius 2 is 1.95 bits per heavy atom. The smallest absolute Gasteiger partial charge is 0.374 e. The van der Waals surface area contributed by atoms with E-state index in [1.165, 1.54) is 5.56 Å². The molecular formula is C14H18N2O3S. The molecule has 0 radical (unpaired) electrons. The summed E-state index contributed by atoms with van der Waals surface area (Å²) >= 11 is 0. The van der Waals surface area contributed by atoms with E-state index < -0.39 is 16.0 Å². The minimum absolute atomic E-state index is 0.179. The summed E-state index contributed by atoms with van der Waals surface area (Å²) in [6.07, 6.45) is 0. The van der Waals surface area contributed by atoms with Crippen LogP contribution in [0.15, 0.2) is 30.3 Å². The van der Waals surface area contributed by atoms with Crippen LogP contribution in [0.3, 0.4) is 0 Å². The van der Waals surface area contributed by atoms with E-state index in [9.17, 15) is 9.90 Å². The lowest BCUT2D eigenvalue weighted by Gasteiger charge is -2.35. The van der Waals surface area contributed by atoms with Crippen LogP contribution in [-0.2, 0) is 4.74 Å². The molecule has 1 fully saturated rings. The highest BCUT2D eigenvalue weighted by Gasteiger charge is 2.33. The first-order chi connectivity index (χ1) is 9.75. The fraction of sp³-hybridized carbons (Fsp3) is 0.429. The van der Waals surface area contributed by atoms with Gasteiger partial charge in [-0.25, -0.2) is 9.80 Å². The Kier molecular flexibility index (Phi) is 4.16. The first-order valence-corrected chi connectivity index (χ1v) is 7.96. The maximum atomic E-state index is 11.5. The molecule has 1 aromatic carbocycles. The third-order valence-corrected chi connectivity index (χ3v) is 5.36. The molecule has 0 bridgehead atoms. The molecule has 0 amide bonds. The second kappa shape index (κ2) is 6.05. The van der Waals surface area contributed by atoms with Gasteiger partial charge in [-0.2, -0.15) is 4.41 Å². The van der Waals surface area contributed by atoms with Crippen molar-refractivity contribution in [1.29, 1.82) is 0 Å². The summed E-state index contributed by atoms with van der Waals surface area (Å²) in [6.45, 7) is 3.62. The Balaban J connectivity index is 1.82. The molecule has 20 heavy (non-hydrogen) atoms. The van der Waals surface area contributed by atoms with E-state index in [4.69, 9.17) is 4.74 Å². The van der Waals surface area contributed by atoms with Crippen molar-refractivity contribution in [2.24, 2.45) is 0 Å². The van der Waals surface area contributed by atoms with Crippen LogP contribution in [0, 0.1) is 0 Å². The summed E-state index contributed by atoms with van der Waals surface area (Å²) < 4.78 is 7.35. The number of carbonyl (C=O) groups is 1. The van der Waals surface area contributed by atoms with Crippen molar-refractivity contribution >= 4 is 21.3 Å². The predicted octanol–water partition coefficient (Wildman–Crippen LogP) is 2.00. The Hall–Kier alpha value is -1.21. The monoisotopic (exact) mass is 294 g/mol. The van der Waals surface area contributed by atoms with Gasteiger partial charge in [0.1, 0.15) is 0 Å². The summed E-state index contributed by atoms with van der Waals surface area (Å²) in [5, 5.41) is 12.8. The van der Waals surface area contributed by atoms with Gasteiger partial charge in [0.05, 0.1) is 13.2 Å². The molecule has 1 N–H and O–H groups in total. The first kappa shape index (κ1) is 13.8. The standard InChI is InChI=1S/C14H18N2O3S/c17-14(18)20-11-13(12-4-2-1-3-5-12)10-16(20)15-6-8-19-9-7-15/h1-5,11,13H,6-10H2,(H,17,18). The third-order valence-electron chi connectivity index (χ3n) is 3.58. The van der Waals surface area contributed by atoms with E-state index in [1.807, 2.05) is 28.0 Å². The van der Waals surface area contributed by atoms with Gasteiger partial charge in [-0.15, -0.1) is 0 Å². The fourth-order valence-electron chi connectivity index (χ4n) is 2.57. The van der Waals surface area contributed by atoms with Gasteiger partial charge < -0.3 is 9.84 Å². The van der Waals surface area contributed by atoms with Gasteiger partial charge in [0.15, 0.2) is 0 Å². The molecule has 5 nitrogen and oxygen atoms in total. The Morgan fingerprint density at radius 3 is 2.60 bits per heavy atom. The molecule has 2 aliphatic heterocycles. The van der Waals surface area contributed by atoms with E-state index in [0.717, 1.165) is 19.6 Å². The van der Waals surface area contributed by atoms with Crippen LogP contribution in [0.25, 0.3) is 0 Å². The molecule has 6 heteroatoms. The molecule has 0 aromatic heterocycles. The van der Waals surface area contributed by atoms with Gasteiger partial charge in [0.25, 0.3) is 0 Å². The van der Waals surface area contributed by atoms with Gasteiger partial charge >= 0.3 is 5.30 Å². The predicted molar refractivity (Wildman–Crippen MR) is 80.0 cm³/mol. The second-order valence-electron chi connectivity index (χ2n) is 4.83. The van der Waals surface area contributed by atoms with Crippen LogP contribution in [0.4, 0.5) is 4.79 Å². The molecule has 0 spiro atoms. The average molecular weight is 294 g/mol. The highest BCUT2D eigenvalue weighted by molar-refractivity contribution is 8.25. The molecule has 108 valence electrons. The van der Waals surface area contributed by atoms with E-state index in [-0.39, 0.29) is 5.92 Å². The molecule has 2 aliphatic rings. The fourth-order valence-corrected chi connectivity index (χ4v) is 4.29. The number of hydrogen-bond acceptors (Lipinski definition) is 4. The van der Waals surface area contributed by atoms with Gasteiger partial charge in [-0.05, 0) is 10.9 Å². The molecule has 3 rings (SSSR count). The van der Waals surface area contributed by atoms with Crippen LogP contribution in [0.5, 0.6) is 0 Å². The van der Waals surface area contributed by atoms with Crippen molar-refractivity contribution in [2.45, 2.75) is 5.92 Å². The van der Waals surface area contributed by atoms with Crippen molar-refractivity contribution in [2.75, 3.05) is 32.8 Å². The summed E-state index contributed by atoms with van der Waals surface area (Å²) in [7, 11) is -0.850. The highest BCUT2D eigenvalue weighted by atomic mass is 32.2. The van der Waals surface area contributed by atoms with Crippen LogP contribution in [0.1, 0.15) is 11.5 Å². The summed E-state index contributed by atoms with van der Waals surface area (Å²) in [5.74, 6) is 0.179. The van der Waals surface area contributed by atoms with Crippen LogP contribution < -0.4 is 0 Å². The summed E-state index contributed by atoms with van der Waals surface area (Å²) in [5.41, 5.74) is 1.18. The van der Waals surface area contributed by atoms with Crippen molar-refractivity contribution in [3.8, 4) is 0 Å². The van der Waals surface area contributed by atoms with Gasteiger partial charge in [0.2, 0.25) is 0 Å². The molecule has 0 aliphatic carbocycles. The van der Waals surface area contributed by atoms with E-state index in [2.05, 4.69) is 17.1 Å². The lowest BCUT2D eigenvalue weighted by molar-refractivity contribution is -0.0357. The number of nitrogens with zero attached hydrogens (tertiary/aromatic N) is 2. The Morgan fingerprint density at radius 1 is 1.25 bits per heavy atom. The number of ether oxygens (including phenoxy) is 1. The lowest BCUT2D eigenvalue weighted by atomic mass is 10.0. The zero-order chi connectivity index (χ0) is 13.9. The quantitative estimate of drug-likeness (QED) is 0.846. The van der Waals surface area contributed by atoms with Crippen molar-refractivity contribution < 1.29 is 14.6 Å². The molecular weight excluding hydrogens is 276 g/mol. The van der Waals surface area contributed by atoms with Crippen molar-refractivity contribution in [3.05, 3.63) is 35.9 Å². The topological polar surface area (TPSA) is 53.0 Å². The van der Waals surface area contributed by atoms with Crippen LogP contribution in [-0.4, -0.2) is 58.0 Å². The number of hydrogen-bond donors (Lipinski definition) is 1. The highest BCUT2D eigenvalue weighted by Crippen LogP contribution is 2.35. The largest absolute Gasteiger partial charge is 0.473 e. The molecule has 1 saturated heterocycles. The molecule has 2 heterocycles. The number of rotatable bonds is 2. The molecule has 1 aromatic rings. The van der Waals surface area contributed by atoms with Crippen LogP contribution in [0.2, 0.25) is 0 Å².